The second-order valence-electron chi connectivity index (χ2n) is 4.15. The van der Waals surface area contributed by atoms with Gasteiger partial charge in [-0.15, -0.1) is 0 Å². The molecule has 2 aromatic carbocycles. The first-order chi connectivity index (χ1) is 8.27. The third-order valence-corrected chi connectivity index (χ3v) is 3.94. The third kappa shape index (κ3) is 1.76. The van der Waals surface area contributed by atoms with E-state index in [2.05, 4.69) is 88.8 Å². The van der Waals surface area contributed by atoms with Gasteiger partial charge in [-0.1, -0.05) is 30.3 Å². The molecule has 0 aliphatic carbocycles. The summed E-state index contributed by atoms with van der Waals surface area (Å²) in [5.41, 5.74) is 3.84. The standard InChI is InChI=1S/C15H12IN/c1-11-10-17(14-8-4-2-6-12(11)14)15-9-5-3-7-13(15)16/h2-10H,1H3. The topological polar surface area (TPSA) is 4.93 Å². The first kappa shape index (κ1) is 10.8. The summed E-state index contributed by atoms with van der Waals surface area (Å²) < 4.78 is 3.54. The van der Waals surface area contributed by atoms with Crippen molar-refractivity contribution in [3.8, 4) is 5.69 Å². The van der Waals surface area contributed by atoms with Crippen LogP contribution in [0.1, 0.15) is 5.56 Å². The minimum Gasteiger partial charge on any atom is -0.315 e. The molecule has 1 nitrogen and oxygen atoms in total. The fraction of sp³-hybridized carbons (Fsp3) is 0.0667. The van der Waals surface area contributed by atoms with Crippen LogP contribution >= 0.6 is 22.6 Å². The minimum atomic E-state index is 1.25. The number of fused-ring (bicyclic) bond motifs is 1. The Kier molecular flexibility index (Phi) is 2.67. The van der Waals surface area contributed by atoms with Crippen LogP contribution in [0.3, 0.4) is 0 Å². The lowest BCUT2D eigenvalue weighted by molar-refractivity contribution is 1.11. The summed E-state index contributed by atoms with van der Waals surface area (Å²) in [6, 6.07) is 17.0. The van der Waals surface area contributed by atoms with Gasteiger partial charge in [0.15, 0.2) is 0 Å². The van der Waals surface area contributed by atoms with Crippen LogP contribution in [0.5, 0.6) is 0 Å². The predicted molar refractivity (Wildman–Crippen MR) is 80.7 cm³/mol. The molecular formula is C15H12IN. The molecule has 0 unspecified atom stereocenters. The van der Waals surface area contributed by atoms with Crippen molar-refractivity contribution in [1.82, 2.24) is 4.57 Å². The van der Waals surface area contributed by atoms with Crippen molar-refractivity contribution < 1.29 is 0 Å². The average Bonchev–Trinajstić information content (AvgIpc) is 2.68. The predicted octanol–water partition coefficient (Wildman–Crippen LogP) is 4.54. The molecule has 3 rings (SSSR count). The second kappa shape index (κ2) is 4.18. The molecule has 0 spiro atoms. The molecule has 0 aliphatic heterocycles. The molecule has 0 atom stereocenters. The van der Waals surface area contributed by atoms with Gasteiger partial charge in [0.25, 0.3) is 0 Å². The van der Waals surface area contributed by atoms with E-state index in [-0.39, 0.29) is 0 Å². The Bertz CT molecular complexity index is 682. The molecule has 84 valence electrons. The molecule has 0 N–H and O–H groups in total. The summed E-state index contributed by atoms with van der Waals surface area (Å²) >= 11 is 2.39. The average molecular weight is 333 g/mol. The Balaban J connectivity index is 2.35. The fourth-order valence-electron chi connectivity index (χ4n) is 2.20. The van der Waals surface area contributed by atoms with Crippen molar-refractivity contribution in [3.05, 3.63) is 63.9 Å². The molecule has 0 saturated carbocycles. The van der Waals surface area contributed by atoms with E-state index in [4.69, 9.17) is 0 Å². The van der Waals surface area contributed by atoms with Crippen LogP contribution in [0.2, 0.25) is 0 Å². The molecule has 0 saturated heterocycles. The quantitative estimate of drug-likeness (QED) is 0.576. The van der Waals surface area contributed by atoms with Gasteiger partial charge in [-0.25, -0.2) is 0 Å². The summed E-state index contributed by atoms with van der Waals surface area (Å²) in [6.07, 6.45) is 2.21. The van der Waals surface area contributed by atoms with E-state index in [1.165, 1.54) is 25.7 Å². The second-order valence-corrected chi connectivity index (χ2v) is 5.31. The third-order valence-electron chi connectivity index (χ3n) is 3.02. The van der Waals surface area contributed by atoms with Crippen molar-refractivity contribution in [2.45, 2.75) is 6.92 Å². The largest absolute Gasteiger partial charge is 0.315 e. The Labute approximate surface area is 114 Å². The number of hydrogen-bond donors (Lipinski definition) is 0. The lowest BCUT2D eigenvalue weighted by Gasteiger charge is -2.07. The Morgan fingerprint density at radius 1 is 0.941 bits per heavy atom. The van der Waals surface area contributed by atoms with Crippen molar-refractivity contribution in [1.29, 1.82) is 0 Å². The van der Waals surface area contributed by atoms with E-state index in [0.717, 1.165) is 0 Å². The summed E-state index contributed by atoms with van der Waals surface area (Å²) in [7, 11) is 0. The van der Waals surface area contributed by atoms with Gasteiger partial charge in [-0.2, -0.15) is 0 Å². The van der Waals surface area contributed by atoms with Gasteiger partial charge in [0.2, 0.25) is 0 Å². The number of hydrogen-bond acceptors (Lipinski definition) is 0. The highest BCUT2D eigenvalue weighted by atomic mass is 127. The molecule has 2 heteroatoms. The number of aryl methyl sites for hydroxylation is 1. The van der Waals surface area contributed by atoms with Gasteiger partial charge >= 0.3 is 0 Å². The number of nitrogens with zero attached hydrogens (tertiary/aromatic N) is 1. The van der Waals surface area contributed by atoms with Gasteiger partial charge in [0, 0.05) is 15.2 Å². The summed E-state index contributed by atoms with van der Waals surface area (Å²) in [6.45, 7) is 2.16. The minimum absolute atomic E-state index is 1.25. The van der Waals surface area contributed by atoms with Crippen LogP contribution in [0.25, 0.3) is 16.6 Å². The molecule has 0 aliphatic rings. The van der Waals surface area contributed by atoms with Gasteiger partial charge in [-0.3, -0.25) is 0 Å². The highest BCUT2D eigenvalue weighted by Gasteiger charge is 2.07. The molecule has 3 aromatic rings. The fourth-order valence-corrected chi connectivity index (χ4v) is 2.84. The zero-order chi connectivity index (χ0) is 11.8. The van der Waals surface area contributed by atoms with E-state index >= 15 is 0 Å². The molecular weight excluding hydrogens is 321 g/mol. The number of rotatable bonds is 1. The highest BCUT2D eigenvalue weighted by molar-refractivity contribution is 14.1. The first-order valence-electron chi connectivity index (χ1n) is 5.59. The monoisotopic (exact) mass is 333 g/mol. The lowest BCUT2D eigenvalue weighted by atomic mass is 10.2. The molecule has 1 heterocycles. The van der Waals surface area contributed by atoms with Crippen LogP contribution in [-0.4, -0.2) is 4.57 Å². The molecule has 1 aromatic heterocycles. The molecule has 0 amide bonds. The van der Waals surface area contributed by atoms with Gasteiger partial charge < -0.3 is 4.57 Å². The summed E-state index contributed by atoms with van der Waals surface area (Å²) in [5, 5.41) is 1.33. The van der Waals surface area contributed by atoms with Crippen LogP contribution < -0.4 is 0 Å². The molecule has 17 heavy (non-hydrogen) atoms. The molecule has 0 fully saturated rings. The van der Waals surface area contributed by atoms with Crippen molar-refractivity contribution in [3.63, 3.8) is 0 Å². The van der Waals surface area contributed by atoms with Crippen LogP contribution in [0.15, 0.2) is 54.7 Å². The van der Waals surface area contributed by atoms with E-state index in [1.807, 2.05) is 0 Å². The lowest BCUT2D eigenvalue weighted by Crippen LogP contribution is -1.94. The van der Waals surface area contributed by atoms with Crippen molar-refractivity contribution in [2.75, 3.05) is 0 Å². The Hall–Kier alpha value is -1.29. The van der Waals surface area contributed by atoms with E-state index < -0.39 is 0 Å². The number of benzene rings is 2. The van der Waals surface area contributed by atoms with E-state index in [1.54, 1.807) is 0 Å². The van der Waals surface area contributed by atoms with Crippen LogP contribution in [-0.2, 0) is 0 Å². The zero-order valence-electron chi connectivity index (χ0n) is 9.52. The molecule has 0 radical (unpaired) electrons. The summed E-state index contributed by atoms with van der Waals surface area (Å²) in [5.74, 6) is 0. The van der Waals surface area contributed by atoms with Gasteiger partial charge in [0.05, 0.1) is 11.2 Å². The first-order valence-corrected chi connectivity index (χ1v) is 6.67. The normalized spacial score (nSPS) is 10.9. The maximum absolute atomic E-state index is 2.39. The van der Waals surface area contributed by atoms with Crippen molar-refractivity contribution >= 4 is 33.5 Å². The maximum Gasteiger partial charge on any atom is 0.0589 e. The number of para-hydroxylation sites is 2. The van der Waals surface area contributed by atoms with Crippen LogP contribution in [0.4, 0.5) is 0 Å². The maximum atomic E-state index is 2.39. The molecule has 0 bridgehead atoms. The highest BCUT2D eigenvalue weighted by Crippen LogP contribution is 2.26. The SMILES string of the molecule is Cc1cn(-c2ccccc2I)c2ccccc12. The van der Waals surface area contributed by atoms with Crippen LogP contribution in [0, 0.1) is 10.5 Å². The number of halogens is 1. The zero-order valence-corrected chi connectivity index (χ0v) is 11.7. The van der Waals surface area contributed by atoms with Gasteiger partial charge in [-0.05, 0) is 53.3 Å². The van der Waals surface area contributed by atoms with Gasteiger partial charge in [0.1, 0.15) is 0 Å². The smallest absolute Gasteiger partial charge is 0.0589 e. The van der Waals surface area contributed by atoms with E-state index in [9.17, 15) is 0 Å². The summed E-state index contributed by atoms with van der Waals surface area (Å²) in [4.78, 5) is 0. The number of aromatic nitrogens is 1. The van der Waals surface area contributed by atoms with E-state index in [0.29, 0.717) is 0 Å². The van der Waals surface area contributed by atoms with Crippen molar-refractivity contribution in [2.24, 2.45) is 0 Å². The Morgan fingerprint density at radius 3 is 2.47 bits per heavy atom. The Morgan fingerprint density at radius 2 is 1.65 bits per heavy atom.